The number of ether oxygens (including phenoxy) is 1. The van der Waals surface area contributed by atoms with Crippen LogP contribution in [0.1, 0.15) is 44.9 Å². The van der Waals surface area contributed by atoms with Gasteiger partial charge in [-0.05, 0) is 25.5 Å². The monoisotopic (exact) mass is 239 g/mol. The molecule has 4 heteroatoms. The van der Waals surface area contributed by atoms with Crippen molar-refractivity contribution < 1.29 is 13.9 Å². The summed E-state index contributed by atoms with van der Waals surface area (Å²) < 4.78 is 10.1. The lowest BCUT2D eigenvalue weighted by molar-refractivity contribution is -0.143. The van der Waals surface area contributed by atoms with Crippen LogP contribution in [0.2, 0.25) is 0 Å². The third-order valence-corrected chi connectivity index (χ3v) is 2.75. The molecule has 0 bridgehead atoms. The predicted molar refractivity (Wildman–Crippen MR) is 65.6 cm³/mol. The van der Waals surface area contributed by atoms with Crippen LogP contribution in [0.3, 0.4) is 0 Å². The van der Waals surface area contributed by atoms with Gasteiger partial charge in [-0.2, -0.15) is 0 Å². The van der Waals surface area contributed by atoms with Gasteiger partial charge >= 0.3 is 5.97 Å². The molecule has 2 atom stereocenters. The average Bonchev–Trinajstić information content (AvgIpc) is 2.87. The molecule has 0 aliphatic rings. The van der Waals surface area contributed by atoms with Crippen molar-refractivity contribution >= 4 is 5.97 Å². The predicted octanol–water partition coefficient (Wildman–Crippen LogP) is 2.66. The lowest BCUT2D eigenvalue weighted by Crippen LogP contribution is -2.39. The first-order chi connectivity index (χ1) is 8.19. The van der Waals surface area contributed by atoms with Gasteiger partial charge in [0.1, 0.15) is 11.8 Å². The summed E-state index contributed by atoms with van der Waals surface area (Å²) in [6, 6.07) is 3.48. The third-order valence-electron chi connectivity index (χ3n) is 2.75. The maximum absolute atomic E-state index is 11.6. The first-order valence-corrected chi connectivity index (χ1v) is 6.06. The van der Waals surface area contributed by atoms with Crippen molar-refractivity contribution in [3.05, 3.63) is 24.2 Å². The smallest absolute Gasteiger partial charge is 0.322 e. The normalized spacial score (nSPS) is 14.3. The molecule has 0 fully saturated rings. The SMILES string of the molecule is CCCCC(NC(C)c1ccco1)C(=O)OC. The molecule has 1 N–H and O–H groups in total. The van der Waals surface area contributed by atoms with Gasteiger partial charge in [0.2, 0.25) is 0 Å². The van der Waals surface area contributed by atoms with E-state index < -0.39 is 0 Å². The number of carbonyl (C=O) groups excluding carboxylic acids is 1. The Kier molecular flexibility index (Phi) is 5.77. The molecule has 0 aliphatic heterocycles. The first-order valence-electron chi connectivity index (χ1n) is 6.06. The lowest BCUT2D eigenvalue weighted by atomic mass is 10.1. The molecular weight excluding hydrogens is 218 g/mol. The van der Waals surface area contributed by atoms with Gasteiger partial charge in [0.15, 0.2) is 0 Å². The Balaban J connectivity index is 2.55. The fourth-order valence-electron chi connectivity index (χ4n) is 1.74. The molecule has 1 heterocycles. The van der Waals surface area contributed by atoms with Gasteiger partial charge in [-0.1, -0.05) is 19.8 Å². The Morgan fingerprint density at radius 3 is 2.88 bits per heavy atom. The second-order valence-electron chi connectivity index (χ2n) is 4.12. The van der Waals surface area contributed by atoms with Crippen LogP contribution in [0.4, 0.5) is 0 Å². The highest BCUT2D eigenvalue weighted by Crippen LogP contribution is 2.15. The minimum Gasteiger partial charge on any atom is -0.468 e. The second kappa shape index (κ2) is 7.12. The maximum Gasteiger partial charge on any atom is 0.322 e. The Morgan fingerprint density at radius 2 is 2.35 bits per heavy atom. The topological polar surface area (TPSA) is 51.5 Å². The molecule has 4 nitrogen and oxygen atoms in total. The molecular formula is C13H21NO3. The highest BCUT2D eigenvalue weighted by molar-refractivity contribution is 5.75. The van der Waals surface area contributed by atoms with Crippen molar-refractivity contribution in [2.45, 2.75) is 45.2 Å². The van der Waals surface area contributed by atoms with Crippen LogP contribution in [-0.2, 0) is 9.53 Å². The number of nitrogens with one attached hydrogen (secondary N) is 1. The van der Waals surface area contributed by atoms with E-state index in [0.29, 0.717) is 0 Å². The minimum absolute atomic E-state index is 0.00551. The molecule has 0 radical (unpaired) electrons. The lowest BCUT2D eigenvalue weighted by Gasteiger charge is -2.20. The van der Waals surface area contributed by atoms with E-state index in [-0.39, 0.29) is 18.1 Å². The van der Waals surface area contributed by atoms with Crippen molar-refractivity contribution in [1.82, 2.24) is 5.32 Å². The fourth-order valence-corrected chi connectivity index (χ4v) is 1.74. The molecule has 0 saturated heterocycles. The fraction of sp³-hybridized carbons (Fsp3) is 0.615. The highest BCUT2D eigenvalue weighted by atomic mass is 16.5. The van der Waals surface area contributed by atoms with Gasteiger partial charge < -0.3 is 9.15 Å². The second-order valence-corrected chi connectivity index (χ2v) is 4.12. The Morgan fingerprint density at radius 1 is 1.59 bits per heavy atom. The summed E-state index contributed by atoms with van der Waals surface area (Å²) >= 11 is 0. The summed E-state index contributed by atoms with van der Waals surface area (Å²) in [4.78, 5) is 11.6. The van der Waals surface area contributed by atoms with Crippen LogP contribution in [0.5, 0.6) is 0 Å². The van der Waals surface area contributed by atoms with Crippen LogP contribution in [0, 0.1) is 0 Å². The van der Waals surface area contributed by atoms with E-state index in [4.69, 9.17) is 9.15 Å². The van der Waals surface area contributed by atoms with Gasteiger partial charge in [0.05, 0.1) is 19.4 Å². The van der Waals surface area contributed by atoms with E-state index >= 15 is 0 Å². The van der Waals surface area contributed by atoms with Gasteiger partial charge in [0.25, 0.3) is 0 Å². The number of unbranched alkanes of at least 4 members (excludes halogenated alkanes) is 1. The van der Waals surface area contributed by atoms with Crippen LogP contribution in [-0.4, -0.2) is 19.1 Å². The van der Waals surface area contributed by atoms with E-state index in [0.717, 1.165) is 25.0 Å². The van der Waals surface area contributed by atoms with Crippen LogP contribution >= 0.6 is 0 Å². The first kappa shape index (κ1) is 13.8. The van der Waals surface area contributed by atoms with Crippen molar-refractivity contribution in [3.63, 3.8) is 0 Å². The van der Waals surface area contributed by atoms with Gasteiger partial charge in [0, 0.05) is 0 Å². The quantitative estimate of drug-likeness (QED) is 0.743. The zero-order chi connectivity index (χ0) is 12.7. The molecule has 0 aliphatic carbocycles. The van der Waals surface area contributed by atoms with Crippen molar-refractivity contribution in [3.8, 4) is 0 Å². The van der Waals surface area contributed by atoms with E-state index in [9.17, 15) is 4.79 Å². The molecule has 0 aromatic carbocycles. The standard InChI is InChI=1S/C13H21NO3/c1-4-5-7-11(13(15)16-3)14-10(2)12-8-6-9-17-12/h6,8-11,14H,4-5,7H2,1-3H3. The molecule has 2 unspecified atom stereocenters. The Hall–Kier alpha value is -1.29. The molecule has 17 heavy (non-hydrogen) atoms. The van der Waals surface area contributed by atoms with Crippen molar-refractivity contribution in [2.24, 2.45) is 0 Å². The molecule has 1 aromatic rings. The number of methoxy groups -OCH3 is 1. The molecule has 0 saturated carbocycles. The van der Waals surface area contributed by atoms with E-state index in [2.05, 4.69) is 12.2 Å². The summed E-state index contributed by atoms with van der Waals surface area (Å²) in [5, 5.41) is 3.24. The molecule has 0 amide bonds. The largest absolute Gasteiger partial charge is 0.468 e. The summed E-state index contributed by atoms with van der Waals surface area (Å²) in [6.45, 7) is 4.07. The van der Waals surface area contributed by atoms with Gasteiger partial charge in [-0.15, -0.1) is 0 Å². The minimum atomic E-state index is -0.264. The molecule has 1 aromatic heterocycles. The Bertz CT molecular complexity index is 321. The van der Waals surface area contributed by atoms with E-state index in [1.807, 2.05) is 19.1 Å². The zero-order valence-corrected chi connectivity index (χ0v) is 10.7. The van der Waals surface area contributed by atoms with Gasteiger partial charge in [-0.25, -0.2) is 0 Å². The van der Waals surface area contributed by atoms with Crippen molar-refractivity contribution in [2.75, 3.05) is 7.11 Å². The van der Waals surface area contributed by atoms with E-state index in [1.165, 1.54) is 7.11 Å². The Labute approximate surface area is 102 Å². The number of carbonyl (C=O) groups is 1. The maximum atomic E-state index is 11.6. The summed E-state index contributed by atoms with van der Waals surface area (Å²) in [5.41, 5.74) is 0. The third kappa shape index (κ3) is 4.23. The summed E-state index contributed by atoms with van der Waals surface area (Å²) in [6.07, 6.45) is 4.48. The average molecular weight is 239 g/mol. The number of hydrogen-bond acceptors (Lipinski definition) is 4. The van der Waals surface area contributed by atoms with Crippen LogP contribution in [0.25, 0.3) is 0 Å². The van der Waals surface area contributed by atoms with Crippen LogP contribution in [0.15, 0.2) is 22.8 Å². The highest BCUT2D eigenvalue weighted by Gasteiger charge is 2.21. The van der Waals surface area contributed by atoms with E-state index in [1.54, 1.807) is 6.26 Å². The number of esters is 1. The summed E-state index contributed by atoms with van der Waals surface area (Å²) in [5.74, 6) is 0.618. The number of rotatable bonds is 7. The van der Waals surface area contributed by atoms with Crippen molar-refractivity contribution in [1.29, 1.82) is 0 Å². The number of furan rings is 1. The molecule has 1 rings (SSSR count). The molecule has 0 spiro atoms. The molecule has 96 valence electrons. The van der Waals surface area contributed by atoms with Crippen LogP contribution < -0.4 is 5.32 Å². The zero-order valence-electron chi connectivity index (χ0n) is 10.7. The van der Waals surface area contributed by atoms with Gasteiger partial charge in [-0.3, -0.25) is 10.1 Å². The summed E-state index contributed by atoms with van der Waals surface area (Å²) in [7, 11) is 1.42. The number of hydrogen-bond donors (Lipinski definition) is 1.